The molecule has 108 valence electrons. The number of rotatable bonds is 4. The Hall–Kier alpha value is -0.440. The summed E-state index contributed by atoms with van der Waals surface area (Å²) in [4.78, 5) is 26.4. The highest BCUT2D eigenvalue weighted by molar-refractivity contribution is 7.99. The molecule has 2 atom stereocenters. The second-order valence-corrected chi connectivity index (χ2v) is 7.14. The summed E-state index contributed by atoms with van der Waals surface area (Å²) in [6, 6.07) is -1.08. The van der Waals surface area contributed by atoms with E-state index in [1.807, 2.05) is 23.6 Å². The molecule has 2 N–H and O–H groups in total. The molecule has 2 saturated heterocycles. The zero-order chi connectivity index (χ0) is 14.2. The maximum Gasteiger partial charge on any atom is 0.321 e. The zero-order valence-electron chi connectivity index (χ0n) is 10.9. The van der Waals surface area contributed by atoms with E-state index in [1.165, 1.54) is 0 Å². The molecular weight excluding hydrogens is 288 g/mol. The number of carboxylic acid groups (broad SMARTS) is 2. The van der Waals surface area contributed by atoms with Crippen molar-refractivity contribution in [2.75, 3.05) is 23.3 Å². The quantitative estimate of drug-likeness (QED) is 0.783. The van der Waals surface area contributed by atoms with E-state index in [1.54, 1.807) is 23.5 Å². The summed E-state index contributed by atoms with van der Waals surface area (Å²) >= 11 is 3.16. The summed E-state index contributed by atoms with van der Waals surface area (Å²) in [6.45, 7) is 3.83. The van der Waals surface area contributed by atoms with Crippen LogP contribution >= 0.6 is 23.5 Å². The second-order valence-electron chi connectivity index (χ2n) is 5.14. The summed E-state index contributed by atoms with van der Waals surface area (Å²) in [5, 5.41) is 18.5. The highest BCUT2D eigenvalue weighted by atomic mass is 32.2. The first-order valence-corrected chi connectivity index (χ1v) is 8.31. The van der Waals surface area contributed by atoms with Gasteiger partial charge in [0.05, 0.1) is 5.66 Å². The van der Waals surface area contributed by atoms with Crippen molar-refractivity contribution < 1.29 is 19.8 Å². The molecule has 0 aromatic rings. The Morgan fingerprint density at radius 1 is 1.00 bits per heavy atom. The van der Waals surface area contributed by atoms with Gasteiger partial charge in [-0.05, 0) is 13.8 Å². The fraction of sp³-hybridized carbons (Fsp3) is 0.818. The van der Waals surface area contributed by atoms with Crippen LogP contribution in [0.25, 0.3) is 0 Å². The van der Waals surface area contributed by atoms with Gasteiger partial charge in [-0.3, -0.25) is 19.4 Å². The van der Waals surface area contributed by atoms with Gasteiger partial charge in [0.15, 0.2) is 0 Å². The van der Waals surface area contributed by atoms with E-state index in [4.69, 9.17) is 0 Å². The lowest BCUT2D eigenvalue weighted by Crippen LogP contribution is -2.62. The standard InChI is InChI=1S/C11H18N2O4S2/c1-11(2,12-5-18-3-7(12)9(14)15)13-6-19-4-8(13)10(16)17/h7-8H,3-6H2,1-2H3,(H,14,15)(H,16,17)/t7-,8-/m0/s1. The number of carbonyl (C=O) groups is 2. The highest BCUT2D eigenvalue weighted by Crippen LogP contribution is 2.36. The molecule has 0 aromatic heterocycles. The first kappa shape index (κ1) is 15.0. The molecular formula is C11H18N2O4S2. The van der Waals surface area contributed by atoms with Crippen LogP contribution in [-0.4, -0.2) is 73.0 Å². The number of hydrogen-bond acceptors (Lipinski definition) is 6. The van der Waals surface area contributed by atoms with Crippen LogP contribution < -0.4 is 0 Å². The SMILES string of the molecule is CC(C)(N1CSC[C@H]1C(=O)O)N1CSC[C@H]1C(=O)O. The lowest BCUT2D eigenvalue weighted by molar-refractivity contribution is -0.152. The molecule has 0 unspecified atom stereocenters. The fourth-order valence-corrected chi connectivity index (χ4v) is 5.23. The van der Waals surface area contributed by atoms with Gasteiger partial charge in [0, 0.05) is 23.3 Å². The van der Waals surface area contributed by atoms with E-state index in [0.29, 0.717) is 23.3 Å². The minimum absolute atomic E-state index is 0.542. The van der Waals surface area contributed by atoms with Crippen molar-refractivity contribution in [3.63, 3.8) is 0 Å². The summed E-state index contributed by atoms with van der Waals surface area (Å²) in [7, 11) is 0. The molecule has 0 spiro atoms. The van der Waals surface area contributed by atoms with E-state index in [2.05, 4.69) is 0 Å². The van der Waals surface area contributed by atoms with Crippen molar-refractivity contribution >= 4 is 35.5 Å². The molecule has 2 heterocycles. The van der Waals surface area contributed by atoms with Crippen molar-refractivity contribution in [1.29, 1.82) is 0 Å². The molecule has 0 bridgehead atoms. The van der Waals surface area contributed by atoms with Crippen LogP contribution in [0.4, 0.5) is 0 Å². The van der Waals surface area contributed by atoms with Gasteiger partial charge in [0.1, 0.15) is 12.1 Å². The van der Waals surface area contributed by atoms with Gasteiger partial charge < -0.3 is 10.2 Å². The normalized spacial score (nSPS) is 29.8. The number of nitrogens with zero attached hydrogens (tertiary/aromatic N) is 2. The van der Waals surface area contributed by atoms with Crippen LogP contribution in [0.3, 0.4) is 0 Å². The van der Waals surface area contributed by atoms with E-state index in [0.717, 1.165) is 0 Å². The van der Waals surface area contributed by atoms with Crippen molar-refractivity contribution in [3.05, 3.63) is 0 Å². The van der Waals surface area contributed by atoms with E-state index < -0.39 is 29.7 Å². The maximum atomic E-state index is 11.3. The molecule has 8 heteroatoms. The van der Waals surface area contributed by atoms with Crippen molar-refractivity contribution in [1.82, 2.24) is 9.80 Å². The maximum absolute atomic E-state index is 11.3. The Balaban J connectivity index is 2.21. The molecule has 2 aliphatic heterocycles. The van der Waals surface area contributed by atoms with E-state index >= 15 is 0 Å². The topological polar surface area (TPSA) is 81.1 Å². The Bertz CT molecular complexity index is 357. The largest absolute Gasteiger partial charge is 0.480 e. The van der Waals surface area contributed by atoms with Crippen LogP contribution in [0.5, 0.6) is 0 Å². The summed E-state index contributed by atoms with van der Waals surface area (Å²) in [6.07, 6.45) is 0. The van der Waals surface area contributed by atoms with Gasteiger partial charge in [-0.1, -0.05) is 0 Å². The molecule has 0 amide bonds. The van der Waals surface area contributed by atoms with Gasteiger partial charge in [-0.2, -0.15) is 0 Å². The van der Waals surface area contributed by atoms with Gasteiger partial charge in [-0.15, -0.1) is 23.5 Å². The first-order chi connectivity index (χ1) is 8.85. The number of carboxylic acids is 2. The summed E-state index contributed by atoms with van der Waals surface area (Å²) < 4.78 is 0. The Morgan fingerprint density at radius 2 is 1.37 bits per heavy atom. The monoisotopic (exact) mass is 306 g/mol. The molecule has 6 nitrogen and oxygen atoms in total. The average Bonchev–Trinajstić information content (AvgIpc) is 2.98. The lowest BCUT2D eigenvalue weighted by atomic mass is 10.1. The zero-order valence-corrected chi connectivity index (χ0v) is 12.5. The van der Waals surface area contributed by atoms with Gasteiger partial charge >= 0.3 is 11.9 Å². The Kier molecular flexibility index (Phi) is 4.34. The Labute approximate surface area is 120 Å². The molecule has 0 radical (unpaired) electrons. The number of hydrogen-bond donors (Lipinski definition) is 2. The van der Waals surface area contributed by atoms with Gasteiger partial charge in [0.25, 0.3) is 0 Å². The molecule has 2 aliphatic rings. The average molecular weight is 306 g/mol. The molecule has 19 heavy (non-hydrogen) atoms. The lowest BCUT2D eigenvalue weighted by Gasteiger charge is -2.45. The predicted octanol–water partition coefficient (Wildman–Crippen LogP) is 0.642. The minimum atomic E-state index is -0.836. The van der Waals surface area contributed by atoms with Crippen LogP contribution in [-0.2, 0) is 9.59 Å². The first-order valence-electron chi connectivity index (χ1n) is 6.00. The third-order valence-corrected chi connectivity index (χ3v) is 5.76. The van der Waals surface area contributed by atoms with E-state index in [-0.39, 0.29) is 0 Å². The smallest absolute Gasteiger partial charge is 0.321 e. The van der Waals surface area contributed by atoms with Crippen molar-refractivity contribution in [2.24, 2.45) is 0 Å². The van der Waals surface area contributed by atoms with Crippen LogP contribution in [0.15, 0.2) is 0 Å². The molecule has 2 rings (SSSR count). The van der Waals surface area contributed by atoms with Crippen LogP contribution in [0.1, 0.15) is 13.8 Å². The molecule has 0 aromatic carbocycles. The highest BCUT2D eigenvalue weighted by Gasteiger charge is 2.48. The second kappa shape index (κ2) is 5.51. The number of aliphatic carboxylic acids is 2. The minimum Gasteiger partial charge on any atom is -0.480 e. The summed E-state index contributed by atoms with van der Waals surface area (Å²) in [5.74, 6) is 0.679. The molecule has 2 fully saturated rings. The van der Waals surface area contributed by atoms with Gasteiger partial charge in [0.2, 0.25) is 0 Å². The third-order valence-electron chi connectivity index (χ3n) is 3.74. The third kappa shape index (κ3) is 2.72. The molecule has 0 aliphatic carbocycles. The van der Waals surface area contributed by atoms with Crippen LogP contribution in [0, 0.1) is 0 Å². The summed E-state index contributed by atoms with van der Waals surface area (Å²) in [5.41, 5.74) is -0.570. The van der Waals surface area contributed by atoms with Crippen molar-refractivity contribution in [3.8, 4) is 0 Å². The van der Waals surface area contributed by atoms with Crippen LogP contribution in [0.2, 0.25) is 0 Å². The van der Waals surface area contributed by atoms with Crippen molar-refractivity contribution in [2.45, 2.75) is 31.6 Å². The fourth-order valence-electron chi connectivity index (χ4n) is 2.54. The molecule has 0 saturated carbocycles. The Morgan fingerprint density at radius 3 is 1.68 bits per heavy atom. The van der Waals surface area contributed by atoms with E-state index in [9.17, 15) is 19.8 Å². The predicted molar refractivity (Wildman–Crippen MR) is 75.3 cm³/mol. The van der Waals surface area contributed by atoms with Gasteiger partial charge in [-0.25, -0.2) is 0 Å². The number of thioether (sulfide) groups is 2.